The zero-order valence-electron chi connectivity index (χ0n) is 7.57. The predicted molar refractivity (Wildman–Crippen MR) is 59.5 cm³/mol. The lowest BCUT2D eigenvalue weighted by molar-refractivity contribution is 1.10. The number of nitrogens with two attached hydrogens (primary N) is 1. The molecular formula is C10H11N3S. The molecule has 1 aromatic carbocycles. The molecule has 0 fully saturated rings. The highest BCUT2D eigenvalue weighted by atomic mass is 32.1. The number of rotatable bonds is 2. The summed E-state index contributed by atoms with van der Waals surface area (Å²) in [5, 5.41) is 0. The molecule has 0 aliphatic heterocycles. The number of nitrogens with zero attached hydrogens (tertiary/aromatic N) is 1. The van der Waals surface area contributed by atoms with Gasteiger partial charge in [0.1, 0.15) is 0 Å². The lowest BCUT2D eigenvalue weighted by atomic mass is 10.1. The minimum atomic E-state index is 0.743. The molecule has 14 heavy (non-hydrogen) atoms. The van der Waals surface area contributed by atoms with Crippen LogP contribution < -0.4 is 5.73 Å². The maximum absolute atomic E-state index is 5.71. The summed E-state index contributed by atoms with van der Waals surface area (Å²) in [7, 11) is 0. The van der Waals surface area contributed by atoms with E-state index >= 15 is 0 Å². The molecule has 0 radical (unpaired) electrons. The van der Waals surface area contributed by atoms with Crippen LogP contribution >= 0.6 is 12.6 Å². The second-order valence-electron chi connectivity index (χ2n) is 3.19. The van der Waals surface area contributed by atoms with Gasteiger partial charge in [0, 0.05) is 28.9 Å². The fraction of sp³-hybridized carbons (Fsp3) is 0.100. The topological polar surface area (TPSA) is 54.7 Å². The summed E-state index contributed by atoms with van der Waals surface area (Å²) < 4.78 is 0. The molecule has 0 aliphatic carbocycles. The third kappa shape index (κ3) is 2.09. The van der Waals surface area contributed by atoms with Crippen LogP contribution in [0.5, 0.6) is 0 Å². The molecule has 0 saturated carbocycles. The molecule has 1 heterocycles. The van der Waals surface area contributed by atoms with Crippen LogP contribution in [-0.2, 0) is 6.42 Å². The monoisotopic (exact) mass is 205 g/mol. The Morgan fingerprint density at radius 3 is 2.86 bits per heavy atom. The Kier molecular flexibility index (Phi) is 2.45. The number of anilines is 1. The fourth-order valence-corrected chi connectivity index (χ4v) is 1.72. The van der Waals surface area contributed by atoms with Crippen LogP contribution in [-0.4, -0.2) is 9.97 Å². The molecule has 2 rings (SSSR count). The molecule has 2 aromatic rings. The molecule has 0 spiro atoms. The molecule has 4 heteroatoms. The average Bonchev–Trinajstić information content (AvgIpc) is 2.54. The van der Waals surface area contributed by atoms with E-state index < -0.39 is 0 Å². The quantitative estimate of drug-likeness (QED) is 0.518. The minimum Gasteiger partial charge on any atom is -0.399 e. The average molecular weight is 205 g/mol. The molecule has 0 atom stereocenters. The van der Waals surface area contributed by atoms with Gasteiger partial charge in [-0.1, -0.05) is 0 Å². The van der Waals surface area contributed by atoms with E-state index in [9.17, 15) is 0 Å². The number of nitrogens with one attached hydrogen (secondary N) is 1. The minimum absolute atomic E-state index is 0.743. The first-order chi connectivity index (χ1) is 6.74. The Labute approximate surface area is 87.8 Å². The normalized spacial score (nSPS) is 10.4. The largest absolute Gasteiger partial charge is 0.399 e. The molecule has 3 nitrogen and oxygen atoms in total. The summed E-state index contributed by atoms with van der Waals surface area (Å²) in [5.74, 6) is 0. The number of thiol groups is 1. The highest BCUT2D eigenvalue weighted by Gasteiger charge is 1.99. The molecule has 72 valence electrons. The maximum Gasteiger partial charge on any atom is 0.0921 e. The summed E-state index contributed by atoms with van der Waals surface area (Å²) in [4.78, 5) is 7.89. The molecule has 0 amide bonds. The number of H-pyrrole nitrogens is 1. The summed E-state index contributed by atoms with van der Waals surface area (Å²) in [5.41, 5.74) is 8.67. The van der Waals surface area contributed by atoms with Gasteiger partial charge in [-0.15, -0.1) is 12.6 Å². The van der Waals surface area contributed by atoms with E-state index in [4.69, 9.17) is 5.73 Å². The Hall–Kier alpha value is -1.42. The van der Waals surface area contributed by atoms with Gasteiger partial charge in [-0.25, -0.2) is 4.98 Å². The first kappa shape index (κ1) is 9.15. The van der Waals surface area contributed by atoms with Crippen molar-refractivity contribution in [2.45, 2.75) is 11.3 Å². The van der Waals surface area contributed by atoms with Crippen molar-refractivity contribution < 1.29 is 0 Å². The Bertz CT molecular complexity index is 403. The van der Waals surface area contributed by atoms with Gasteiger partial charge >= 0.3 is 0 Å². The van der Waals surface area contributed by atoms with E-state index in [-0.39, 0.29) is 0 Å². The summed E-state index contributed by atoms with van der Waals surface area (Å²) in [6.45, 7) is 0. The van der Waals surface area contributed by atoms with E-state index in [0.29, 0.717) is 0 Å². The van der Waals surface area contributed by atoms with Crippen LogP contribution in [0.3, 0.4) is 0 Å². The highest BCUT2D eigenvalue weighted by molar-refractivity contribution is 7.80. The van der Waals surface area contributed by atoms with Gasteiger partial charge in [0.25, 0.3) is 0 Å². The lowest BCUT2D eigenvalue weighted by Crippen LogP contribution is -1.92. The second-order valence-corrected chi connectivity index (χ2v) is 3.70. The highest BCUT2D eigenvalue weighted by Crippen LogP contribution is 2.17. The zero-order valence-corrected chi connectivity index (χ0v) is 8.46. The predicted octanol–water partition coefficient (Wildman–Crippen LogP) is 1.87. The number of hydrogen-bond acceptors (Lipinski definition) is 3. The number of nitrogen functional groups attached to an aromatic ring is 1. The number of aromatic amines is 1. The Morgan fingerprint density at radius 2 is 2.21 bits per heavy atom. The molecule has 3 N–H and O–H groups in total. The van der Waals surface area contributed by atoms with Crippen molar-refractivity contribution in [1.82, 2.24) is 9.97 Å². The maximum atomic E-state index is 5.71. The first-order valence-electron chi connectivity index (χ1n) is 4.30. The van der Waals surface area contributed by atoms with Crippen molar-refractivity contribution >= 4 is 18.3 Å². The van der Waals surface area contributed by atoms with Gasteiger partial charge in [0.05, 0.1) is 6.33 Å². The first-order valence-corrected chi connectivity index (χ1v) is 4.74. The van der Waals surface area contributed by atoms with Crippen molar-refractivity contribution in [1.29, 1.82) is 0 Å². The molecule has 0 saturated heterocycles. The smallest absolute Gasteiger partial charge is 0.0921 e. The molecule has 1 aromatic heterocycles. The van der Waals surface area contributed by atoms with Crippen molar-refractivity contribution in [2.75, 3.05) is 5.73 Å². The van der Waals surface area contributed by atoms with Gasteiger partial charge in [-0.2, -0.15) is 0 Å². The molecule has 0 unspecified atom stereocenters. The van der Waals surface area contributed by atoms with Crippen LogP contribution in [0.25, 0.3) is 0 Å². The van der Waals surface area contributed by atoms with Gasteiger partial charge in [-0.05, 0) is 23.8 Å². The van der Waals surface area contributed by atoms with Crippen molar-refractivity contribution in [3.05, 3.63) is 42.0 Å². The van der Waals surface area contributed by atoms with E-state index in [1.807, 2.05) is 18.2 Å². The summed E-state index contributed by atoms with van der Waals surface area (Å²) in [6, 6.07) is 5.78. The van der Waals surface area contributed by atoms with Crippen LogP contribution in [0.4, 0.5) is 5.69 Å². The zero-order chi connectivity index (χ0) is 9.97. The van der Waals surface area contributed by atoms with Crippen LogP contribution in [0.2, 0.25) is 0 Å². The number of benzene rings is 1. The molecule has 0 aliphatic rings. The summed E-state index contributed by atoms with van der Waals surface area (Å²) in [6.07, 6.45) is 4.28. The Morgan fingerprint density at radius 1 is 1.36 bits per heavy atom. The standard InChI is InChI=1S/C10H11N3S/c11-8-1-7(3-10(14)4-8)2-9-5-12-6-13-9/h1,3-6,14H,2,11H2,(H,12,13). The van der Waals surface area contributed by atoms with Crippen LogP contribution in [0, 0.1) is 0 Å². The van der Waals surface area contributed by atoms with Crippen molar-refractivity contribution in [3.63, 3.8) is 0 Å². The molecule has 0 bridgehead atoms. The lowest BCUT2D eigenvalue weighted by Gasteiger charge is -2.02. The van der Waals surface area contributed by atoms with Crippen LogP contribution in [0.15, 0.2) is 35.6 Å². The number of aromatic nitrogens is 2. The van der Waals surface area contributed by atoms with E-state index in [1.54, 1.807) is 12.5 Å². The second kappa shape index (κ2) is 3.75. The Balaban J connectivity index is 2.25. The van der Waals surface area contributed by atoms with Crippen molar-refractivity contribution in [3.8, 4) is 0 Å². The number of imidazole rings is 1. The summed E-state index contributed by atoms with van der Waals surface area (Å²) >= 11 is 4.27. The van der Waals surface area contributed by atoms with Gasteiger partial charge in [-0.3, -0.25) is 0 Å². The van der Waals surface area contributed by atoms with Gasteiger partial charge in [0.15, 0.2) is 0 Å². The third-order valence-corrected chi connectivity index (χ3v) is 2.21. The van der Waals surface area contributed by atoms with E-state index in [2.05, 4.69) is 22.6 Å². The van der Waals surface area contributed by atoms with Crippen molar-refractivity contribution in [2.24, 2.45) is 0 Å². The van der Waals surface area contributed by atoms with Gasteiger partial charge in [0.2, 0.25) is 0 Å². The van der Waals surface area contributed by atoms with Crippen LogP contribution in [0.1, 0.15) is 11.3 Å². The number of hydrogen-bond donors (Lipinski definition) is 3. The van der Waals surface area contributed by atoms with Gasteiger partial charge < -0.3 is 10.7 Å². The molecular weight excluding hydrogens is 194 g/mol. The SMILES string of the molecule is Nc1cc(S)cc(Cc2cnc[nH]2)c1. The fourth-order valence-electron chi connectivity index (χ4n) is 1.40. The van der Waals surface area contributed by atoms with E-state index in [0.717, 1.165) is 28.3 Å². The third-order valence-electron chi connectivity index (χ3n) is 1.95. The van der Waals surface area contributed by atoms with E-state index in [1.165, 1.54) is 0 Å².